The molecule has 2 heterocycles. The number of pyridine rings is 1. The molecule has 1 amide bonds. The molecule has 1 aliphatic carbocycles. The molecular formula is C22H25FN4OS. The van der Waals surface area contributed by atoms with Crippen molar-refractivity contribution in [3.05, 3.63) is 54.1 Å². The maximum absolute atomic E-state index is 14.1. The van der Waals surface area contributed by atoms with Crippen molar-refractivity contribution in [2.45, 2.75) is 62.0 Å². The molecule has 4 rings (SSSR count). The number of fused-ring (bicyclic) bond motifs is 1. The van der Waals surface area contributed by atoms with E-state index in [2.05, 4.69) is 10.3 Å². The largest absolute Gasteiger partial charge is 0.352 e. The zero-order valence-corrected chi connectivity index (χ0v) is 17.3. The van der Waals surface area contributed by atoms with Gasteiger partial charge in [-0.15, -0.1) is 0 Å². The molecule has 1 aromatic carbocycles. The predicted octanol–water partition coefficient (Wildman–Crippen LogP) is 4.87. The second kappa shape index (κ2) is 8.95. The van der Waals surface area contributed by atoms with Gasteiger partial charge in [0, 0.05) is 18.0 Å². The van der Waals surface area contributed by atoms with Crippen LogP contribution in [0.1, 0.15) is 50.6 Å². The molecule has 29 heavy (non-hydrogen) atoms. The maximum Gasteiger partial charge on any atom is 0.243 e. The van der Waals surface area contributed by atoms with Gasteiger partial charge in [0.25, 0.3) is 0 Å². The van der Waals surface area contributed by atoms with Crippen LogP contribution in [0.15, 0.2) is 47.9 Å². The molecule has 1 atom stereocenters. The number of aromatic nitrogens is 3. The van der Waals surface area contributed by atoms with E-state index < -0.39 is 0 Å². The summed E-state index contributed by atoms with van der Waals surface area (Å²) in [5.74, 6) is 0.245. The minimum atomic E-state index is -0.368. The fraction of sp³-hybridized carbons (Fsp3) is 0.409. The fourth-order valence-electron chi connectivity index (χ4n) is 3.93. The summed E-state index contributed by atoms with van der Waals surface area (Å²) < 4.78 is 16.0. The van der Waals surface area contributed by atoms with Gasteiger partial charge in [0.05, 0.1) is 17.2 Å². The molecule has 1 aliphatic rings. The molecule has 1 saturated carbocycles. The Morgan fingerprint density at radius 2 is 2.10 bits per heavy atom. The van der Waals surface area contributed by atoms with Crippen molar-refractivity contribution >= 4 is 28.7 Å². The molecule has 5 nitrogen and oxygen atoms in total. The van der Waals surface area contributed by atoms with Gasteiger partial charge in [0.2, 0.25) is 5.91 Å². The van der Waals surface area contributed by atoms with E-state index in [1.807, 2.05) is 23.6 Å². The van der Waals surface area contributed by atoms with Gasteiger partial charge in [-0.25, -0.2) is 9.37 Å². The lowest BCUT2D eigenvalue weighted by molar-refractivity contribution is -0.125. The lowest BCUT2D eigenvalue weighted by Crippen LogP contribution is -2.38. The summed E-state index contributed by atoms with van der Waals surface area (Å²) in [6, 6.07) is 8.50. The molecule has 1 fully saturated rings. The van der Waals surface area contributed by atoms with Gasteiger partial charge in [-0.05, 0) is 37.0 Å². The number of rotatable bonds is 7. The Bertz CT molecular complexity index is 999. The van der Waals surface area contributed by atoms with Crippen molar-refractivity contribution in [2.75, 3.05) is 0 Å². The summed E-state index contributed by atoms with van der Waals surface area (Å²) in [5.41, 5.74) is 2.25. The van der Waals surface area contributed by atoms with E-state index in [1.54, 1.807) is 24.5 Å². The standard InChI is InChI=1S/C22H25FN4OS/c1-2-19(21(28)25-16-8-4-5-9-16)27-20-13-24-12-11-18(20)26-22(27)29-14-15-7-3-6-10-17(15)23/h3,6-7,10-13,16,19H,2,4-5,8-9,14H2,1H3,(H,25,28)/t19-/m0/s1. The van der Waals surface area contributed by atoms with E-state index >= 15 is 0 Å². The van der Waals surface area contributed by atoms with E-state index in [0.717, 1.165) is 23.9 Å². The Morgan fingerprint density at radius 3 is 2.86 bits per heavy atom. The molecular weight excluding hydrogens is 387 g/mol. The van der Waals surface area contributed by atoms with Gasteiger partial charge in [-0.2, -0.15) is 0 Å². The summed E-state index contributed by atoms with van der Waals surface area (Å²) in [4.78, 5) is 22.1. The van der Waals surface area contributed by atoms with Crippen molar-refractivity contribution in [1.82, 2.24) is 19.9 Å². The number of imidazole rings is 1. The summed E-state index contributed by atoms with van der Waals surface area (Å²) in [6.45, 7) is 2.01. The first kappa shape index (κ1) is 19.9. The average molecular weight is 413 g/mol. The van der Waals surface area contributed by atoms with E-state index in [-0.39, 0.29) is 23.8 Å². The van der Waals surface area contributed by atoms with Gasteiger partial charge < -0.3 is 9.88 Å². The highest BCUT2D eigenvalue weighted by molar-refractivity contribution is 7.98. The Balaban J connectivity index is 1.64. The first-order valence-corrected chi connectivity index (χ1v) is 11.1. The van der Waals surface area contributed by atoms with Crippen LogP contribution in [0.4, 0.5) is 4.39 Å². The maximum atomic E-state index is 14.1. The zero-order valence-electron chi connectivity index (χ0n) is 16.5. The molecule has 0 unspecified atom stereocenters. The second-order valence-corrected chi connectivity index (χ2v) is 8.37. The van der Waals surface area contributed by atoms with Crippen LogP contribution in [0.5, 0.6) is 0 Å². The third-order valence-electron chi connectivity index (χ3n) is 5.48. The monoisotopic (exact) mass is 412 g/mol. The molecule has 0 aliphatic heterocycles. The smallest absolute Gasteiger partial charge is 0.243 e. The first-order valence-electron chi connectivity index (χ1n) is 10.2. The summed E-state index contributed by atoms with van der Waals surface area (Å²) in [6.07, 6.45) is 8.52. The van der Waals surface area contributed by atoms with Gasteiger partial charge in [0.15, 0.2) is 5.16 Å². The molecule has 7 heteroatoms. The van der Waals surface area contributed by atoms with Crippen molar-refractivity contribution in [3.63, 3.8) is 0 Å². The van der Waals surface area contributed by atoms with E-state index in [1.165, 1.54) is 30.7 Å². The molecule has 2 aromatic heterocycles. The first-order chi connectivity index (χ1) is 14.2. The molecule has 3 aromatic rings. The van der Waals surface area contributed by atoms with Crippen LogP contribution in [0.2, 0.25) is 0 Å². The third kappa shape index (κ3) is 4.29. The lowest BCUT2D eigenvalue weighted by atomic mass is 10.1. The SMILES string of the molecule is CC[C@@H](C(=O)NC1CCCC1)n1c(SCc2ccccc2F)nc2ccncc21. The van der Waals surface area contributed by atoms with Crippen LogP contribution in [0.25, 0.3) is 11.0 Å². The highest BCUT2D eigenvalue weighted by Crippen LogP contribution is 2.32. The van der Waals surface area contributed by atoms with Crippen LogP contribution in [-0.2, 0) is 10.5 Å². The highest BCUT2D eigenvalue weighted by Gasteiger charge is 2.27. The Morgan fingerprint density at radius 1 is 1.31 bits per heavy atom. The molecule has 152 valence electrons. The molecule has 0 radical (unpaired) electrons. The Hall–Kier alpha value is -2.41. The van der Waals surface area contributed by atoms with Crippen LogP contribution >= 0.6 is 11.8 Å². The summed E-state index contributed by atoms with van der Waals surface area (Å²) in [5, 5.41) is 3.93. The zero-order chi connectivity index (χ0) is 20.2. The summed E-state index contributed by atoms with van der Waals surface area (Å²) in [7, 11) is 0. The van der Waals surface area contributed by atoms with Crippen LogP contribution in [0.3, 0.4) is 0 Å². The van der Waals surface area contributed by atoms with Gasteiger partial charge in [-0.3, -0.25) is 9.78 Å². The van der Waals surface area contributed by atoms with E-state index in [9.17, 15) is 9.18 Å². The highest BCUT2D eigenvalue weighted by atomic mass is 32.2. The number of halogens is 1. The summed E-state index contributed by atoms with van der Waals surface area (Å²) >= 11 is 1.45. The van der Waals surface area contributed by atoms with Crippen molar-refractivity contribution < 1.29 is 9.18 Å². The lowest BCUT2D eigenvalue weighted by Gasteiger charge is -2.22. The predicted molar refractivity (Wildman–Crippen MR) is 113 cm³/mol. The third-order valence-corrected chi connectivity index (χ3v) is 6.48. The molecule has 0 saturated heterocycles. The minimum absolute atomic E-state index is 0.0234. The number of carbonyl (C=O) groups excluding carboxylic acids is 1. The number of benzene rings is 1. The van der Waals surface area contributed by atoms with Crippen molar-refractivity contribution in [1.29, 1.82) is 0 Å². The Labute approximate surface area is 174 Å². The number of nitrogens with one attached hydrogen (secondary N) is 1. The normalized spacial score (nSPS) is 15.7. The quantitative estimate of drug-likeness (QED) is 0.562. The minimum Gasteiger partial charge on any atom is -0.352 e. The Kier molecular flexibility index (Phi) is 6.13. The van der Waals surface area contributed by atoms with Crippen LogP contribution < -0.4 is 5.32 Å². The van der Waals surface area contributed by atoms with Crippen LogP contribution in [-0.4, -0.2) is 26.5 Å². The molecule has 0 bridgehead atoms. The van der Waals surface area contributed by atoms with Gasteiger partial charge >= 0.3 is 0 Å². The van der Waals surface area contributed by atoms with E-state index in [4.69, 9.17) is 4.98 Å². The van der Waals surface area contributed by atoms with Crippen LogP contribution in [0, 0.1) is 5.82 Å². The number of hydrogen-bond acceptors (Lipinski definition) is 4. The van der Waals surface area contributed by atoms with Gasteiger partial charge in [0.1, 0.15) is 11.9 Å². The van der Waals surface area contributed by atoms with Crippen molar-refractivity contribution in [3.8, 4) is 0 Å². The number of carbonyl (C=O) groups is 1. The van der Waals surface area contributed by atoms with Gasteiger partial charge in [-0.1, -0.05) is 49.7 Å². The molecule has 1 N–H and O–H groups in total. The molecule has 0 spiro atoms. The van der Waals surface area contributed by atoms with Crippen molar-refractivity contribution in [2.24, 2.45) is 0 Å². The van der Waals surface area contributed by atoms with E-state index in [0.29, 0.717) is 22.9 Å². The number of nitrogens with zero attached hydrogens (tertiary/aromatic N) is 3. The topological polar surface area (TPSA) is 59.8 Å². The number of thioether (sulfide) groups is 1. The number of hydrogen-bond donors (Lipinski definition) is 1. The average Bonchev–Trinajstić information content (AvgIpc) is 3.36. The second-order valence-electron chi connectivity index (χ2n) is 7.42. The number of amides is 1. The fourth-order valence-corrected chi connectivity index (χ4v) is 4.98.